The molecule has 3 N–H and O–H groups in total. The van der Waals surface area contributed by atoms with Gasteiger partial charge in [-0.3, -0.25) is 0 Å². The molecule has 2 heterocycles. The highest BCUT2D eigenvalue weighted by Gasteiger charge is 2.23. The Morgan fingerprint density at radius 1 is 1.32 bits per heavy atom. The van der Waals surface area contributed by atoms with Crippen LogP contribution in [0.4, 0.5) is 21.8 Å². The van der Waals surface area contributed by atoms with E-state index < -0.39 is 15.7 Å². The molecule has 0 unspecified atom stereocenters. The number of halogens is 2. The average Bonchev–Trinajstić information content (AvgIpc) is 3.29. The summed E-state index contributed by atoms with van der Waals surface area (Å²) in [6.45, 7) is 0.0940. The van der Waals surface area contributed by atoms with Crippen LogP contribution in [0.15, 0.2) is 35.0 Å². The van der Waals surface area contributed by atoms with Gasteiger partial charge in [-0.2, -0.15) is 0 Å². The highest BCUT2D eigenvalue weighted by Crippen LogP contribution is 2.38. The lowest BCUT2D eigenvalue weighted by Gasteiger charge is -2.14. The molecular formula is C18H15BClFN6O3S. The zero-order valence-corrected chi connectivity index (χ0v) is 17.7. The zero-order valence-electron chi connectivity index (χ0n) is 16.1. The van der Waals surface area contributed by atoms with Crippen molar-refractivity contribution in [3.8, 4) is 11.5 Å². The van der Waals surface area contributed by atoms with E-state index in [4.69, 9.17) is 29.6 Å². The van der Waals surface area contributed by atoms with Crippen LogP contribution in [0.3, 0.4) is 0 Å². The molecule has 4 aromatic rings. The summed E-state index contributed by atoms with van der Waals surface area (Å²) in [4.78, 5) is 4.11. The van der Waals surface area contributed by atoms with Gasteiger partial charge in [0.1, 0.15) is 23.2 Å². The van der Waals surface area contributed by atoms with Gasteiger partial charge in [-0.15, -0.1) is 5.10 Å². The number of hydrogen-bond acceptors (Lipinski definition) is 8. The minimum Gasteiger partial charge on any atom is -0.403 e. The predicted molar refractivity (Wildman–Crippen MR) is 117 cm³/mol. The molecule has 31 heavy (non-hydrogen) atoms. The molecule has 0 saturated carbocycles. The van der Waals surface area contributed by atoms with Crippen LogP contribution in [-0.2, 0) is 16.4 Å². The number of rotatable bonds is 6. The summed E-state index contributed by atoms with van der Waals surface area (Å²) < 4.78 is 45.5. The Balaban J connectivity index is 1.88. The van der Waals surface area contributed by atoms with Crippen LogP contribution >= 0.6 is 11.6 Å². The van der Waals surface area contributed by atoms with E-state index in [2.05, 4.69) is 20.5 Å². The monoisotopic (exact) mass is 460 g/mol. The highest BCUT2D eigenvalue weighted by atomic mass is 35.5. The van der Waals surface area contributed by atoms with Gasteiger partial charge < -0.3 is 20.0 Å². The van der Waals surface area contributed by atoms with E-state index in [9.17, 15) is 8.42 Å². The number of nitrogen functional groups attached to an aromatic ring is 1. The summed E-state index contributed by atoms with van der Waals surface area (Å²) in [6.07, 6.45) is 2.49. The summed E-state index contributed by atoms with van der Waals surface area (Å²) >= 11 is 6.23. The molecule has 0 amide bonds. The van der Waals surface area contributed by atoms with E-state index in [0.29, 0.717) is 16.7 Å². The molecule has 9 nitrogen and oxygen atoms in total. The van der Waals surface area contributed by atoms with Crippen molar-refractivity contribution in [1.29, 1.82) is 0 Å². The van der Waals surface area contributed by atoms with Gasteiger partial charge in [-0.25, -0.2) is 17.8 Å². The van der Waals surface area contributed by atoms with E-state index in [1.165, 1.54) is 17.0 Å². The molecule has 0 bridgehead atoms. The van der Waals surface area contributed by atoms with Crippen molar-refractivity contribution in [3.63, 3.8) is 0 Å². The van der Waals surface area contributed by atoms with E-state index in [0.717, 1.165) is 6.26 Å². The lowest BCUT2D eigenvalue weighted by molar-refractivity contribution is 0.588. The fourth-order valence-corrected chi connectivity index (χ4v) is 3.77. The van der Waals surface area contributed by atoms with Crippen LogP contribution < -0.4 is 16.5 Å². The Morgan fingerprint density at radius 2 is 2.10 bits per heavy atom. The molecule has 2 aromatic carbocycles. The Bertz CT molecular complexity index is 1410. The molecule has 2 aromatic heterocycles. The second-order valence-corrected chi connectivity index (χ2v) is 9.53. The van der Waals surface area contributed by atoms with E-state index >= 15 is 4.39 Å². The molecular weight excluding hydrogens is 446 g/mol. The number of hydrogen-bond donors (Lipinski definition) is 2. The van der Waals surface area contributed by atoms with Crippen LogP contribution in [0.2, 0.25) is 5.02 Å². The molecule has 4 rings (SSSR count). The van der Waals surface area contributed by atoms with Crippen molar-refractivity contribution in [2.45, 2.75) is 6.54 Å². The first kappa shape index (κ1) is 21.1. The topological polar surface area (TPSA) is 129 Å². The lowest BCUT2D eigenvalue weighted by atomic mass is 9.96. The summed E-state index contributed by atoms with van der Waals surface area (Å²) in [6, 6.07) is 6.09. The smallest absolute Gasteiger partial charge is 0.313 e. The van der Waals surface area contributed by atoms with Gasteiger partial charge in [0.2, 0.25) is 0 Å². The van der Waals surface area contributed by atoms with E-state index in [-0.39, 0.29) is 46.0 Å². The number of imidazole rings is 1. The van der Waals surface area contributed by atoms with Gasteiger partial charge in [0.15, 0.2) is 5.82 Å². The van der Waals surface area contributed by atoms with Gasteiger partial charge in [-0.1, -0.05) is 28.2 Å². The van der Waals surface area contributed by atoms with Crippen LogP contribution in [0, 0.1) is 5.82 Å². The summed E-state index contributed by atoms with van der Waals surface area (Å²) in [7, 11) is 2.49. The fraction of sp³-hybridized carbons (Fsp3) is 0.167. The SMILES string of the molecule is [B]c1ccc(Nc2c(-c3nnc(N)o3)cc3c(ncn3CCS(C)(=O)=O)c2F)c(Cl)c1. The number of nitrogens with zero attached hydrogens (tertiary/aromatic N) is 4. The Labute approximate surface area is 182 Å². The van der Waals surface area contributed by atoms with Gasteiger partial charge in [0.25, 0.3) is 5.89 Å². The minimum absolute atomic E-state index is 0.0174. The second kappa shape index (κ2) is 7.86. The first-order chi connectivity index (χ1) is 14.6. The number of fused-ring (bicyclic) bond motifs is 1. The summed E-state index contributed by atoms with van der Waals surface area (Å²) in [5.74, 6) is -0.886. The molecule has 2 radical (unpaired) electrons. The first-order valence-electron chi connectivity index (χ1n) is 8.89. The average molecular weight is 461 g/mol. The highest BCUT2D eigenvalue weighted by molar-refractivity contribution is 7.90. The van der Waals surface area contributed by atoms with E-state index in [1.807, 2.05) is 0 Å². The molecule has 0 aliphatic rings. The van der Waals surface area contributed by atoms with Crippen LogP contribution in [0.5, 0.6) is 0 Å². The normalized spacial score (nSPS) is 11.8. The third-order valence-corrected chi connectivity index (χ3v) is 5.72. The standard InChI is InChI=1S/C18H15BClFN6O3S/c1-31(28,29)5-4-27-8-23-16-13(27)7-10(17-25-26-18(22)30-17)15(14(16)21)24-12-3-2-9(19)6-11(12)20/h2-3,6-8,24H,4-5H2,1H3,(H2,22,26). The number of aryl methyl sites for hydroxylation is 1. The van der Waals surface area contributed by atoms with Crippen molar-refractivity contribution < 1.29 is 17.2 Å². The number of benzene rings is 2. The Hall–Kier alpha value is -3.12. The Morgan fingerprint density at radius 3 is 2.74 bits per heavy atom. The lowest BCUT2D eigenvalue weighted by Crippen LogP contribution is -2.10. The van der Waals surface area contributed by atoms with E-state index in [1.54, 1.807) is 18.2 Å². The molecule has 0 aliphatic heterocycles. The zero-order chi connectivity index (χ0) is 22.3. The fourth-order valence-electron chi connectivity index (χ4n) is 3.00. The molecule has 0 saturated heterocycles. The maximum absolute atomic E-state index is 15.6. The molecule has 0 atom stereocenters. The molecule has 0 fully saturated rings. The van der Waals surface area contributed by atoms with Crippen molar-refractivity contribution in [3.05, 3.63) is 41.4 Å². The molecule has 0 aliphatic carbocycles. The van der Waals surface area contributed by atoms with Gasteiger partial charge in [0.05, 0.1) is 39.6 Å². The van der Waals surface area contributed by atoms with Crippen LogP contribution in [-0.4, -0.2) is 48.0 Å². The number of anilines is 3. The quantitative estimate of drug-likeness (QED) is 0.418. The van der Waals surface area contributed by atoms with Crippen molar-refractivity contribution in [2.24, 2.45) is 0 Å². The number of aromatic nitrogens is 4. The maximum atomic E-state index is 15.6. The van der Waals surface area contributed by atoms with Crippen molar-refractivity contribution in [1.82, 2.24) is 19.7 Å². The summed E-state index contributed by atoms with van der Waals surface area (Å²) in [5.41, 5.74) is 6.93. The molecule has 158 valence electrons. The van der Waals surface area contributed by atoms with Gasteiger partial charge >= 0.3 is 6.01 Å². The predicted octanol–water partition coefficient (Wildman–Crippen LogP) is 2.04. The van der Waals surface area contributed by atoms with Crippen molar-refractivity contribution in [2.75, 3.05) is 23.1 Å². The van der Waals surface area contributed by atoms with Crippen LogP contribution in [0.1, 0.15) is 0 Å². The molecule has 13 heteroatoms. The number of nitrogens with two attached hydrogens (primary N) is 1. The summed E-state index contributed by atoms with van der Waals surface area (Å²) in [5, 5.41) is 10.7. The molecule has 0 spiro atoms. The first-order valence-corrected chi connectivity index (χ1v) is 11.3. The Kier molecular flexibility index (Phi) is 5.35. The number of nitrogens with one attached hydrogen (secondary N) is 1. The minimum atomic E-state index is -3.23. The maximum Gasteiger partial charge on any atom is 0.313 e. The largest absolute Gasteiger partial charge is 0.403 e. The van der Waals surface area contributed by atoms with Crippen LogP contribution in [0.25, 0.3) is 22.5 Å². The third kappa shape index (κ3) is 4.35. The van der Waals surface area contributed by atoms with Gasteiger partial charge in [0, 0.05) is 12.8 Å². The second-order valence-electron chi connectivity index (χ2n) is 6.86. The van der Waals surface area contributed by atoms with Gasteiger partial charge in [-0.05, 0) is 18.2 Å². The third-order valence-electron chi connectivity index (χ3n) is 4.48. The van der Waals surface area contributed by atoms with Crippen molar-refractivity contribution >= 4 is 63.2 Å². The number of sulfone groups is 1.